The van der Waals surface area contributed by atoms with Gasteiger partial charge in [-0.25, -0.2) is 13.4 Å². The SMILES string of the molecule is Cc1ncc(CN(C)S(=O)(=O)CC(C)CCl)s1. The van der Waals surface area contributed by atoms with E-state index in [1.165, 1.54) is 15.6 Å². The number of rotatable bonds is 6. The van der Waals surface area contributed by atoms with Crippen LogP contribution in [-0.2, 0) is 16.6 Å². The van der Waals surface area contributed by atoms with Gasteiger partial charge in [0.25, 0.3) is 0 Å². The molecular formula is C10H17ClN2O2S2. The van der Waals surface area contributed by atoms with Crippen molar-refractivity contribution in [3.05, 3.63) is 16.1 Å². The van der Waals surface area contributed by atoms with E-state index in [1.807, 2.05) is 13.8 Å². The van der Waals surface area contributed by atoms with Crippen LogP contribution in [0.1, 0.15) is 16.8 Å². The van der Waals surface area contributed by atoms with Crippen molar-refractivity contribution in [1.29, 1.82) is 0 Å². The van der Waals surface area contributed by atoms with Crippen LogP contribution in [0.2, 0.25) is 0 Å². The number of aryl methyl sites for hydroxylation is 1. The van der Waals surface area contributed by atoms with E-state index < -0.39 is 10.0 Å². The molecule has 98 valence electrons. The highest BCUT2D eigenvalue weighted by Crippen LogP contribution is 2.16. The maximum Gasteiger partial charge on any atom is 0.214 e. The van der Waals surface area contributed by atoms with E-state index in [-0.39, 0.29) is 11.7 Å². The summed E-state index contributed by atoms with van der Waals surface area (Å²) in [5.74, 6) is 0.407. The van der Waals surface area contributed by atoms with Crippen LogP contribution < -0.4 is 0 Å². The van der Waals surface area contributed by atoms with Gasteiger partial charge in [-0.05, 0) is 12.8 Å². The van der Waals surface area contributed by atoms with Gasteiger partial charge in [0, 0.05) is 30.5 Å². The average Bonchev–Trinajstić information content (AvgIpc) is 2.63. The number of hydrogen-bond donors (Lipinski definition) is 0. The Hall–Kier alpha value is -0.170. The average molecular weight is 297 g/mol. The van der Waals surface area contributed by atoms with Gasteiger partial charge in [0.2, 0.25) is 10.0 Å². The van der Waals surface area contributed by atoms with Crippen molar-refractivity contribution in [3.63, 3.8) is 0 Å². The van der Waals surface area contributed by atoms with E-state index in [1.54, 1.807) is 13.2 Å². The topological polar surface area (TPSA) is 50.3 Å². The van der Waals surface area contributed by atoms with Crippen molar-refractivity contribution in [2.24, 2.45) is 5.92 Å². The minimum absolute atomic E-state index is 0.0349. The van der Waals surface area contributed by atoms with Crippen molar-refractivity contribution < 1.29 is 8.42 Å². The summed E-state index contributed by atoms with van der Waals surface area (Å²) in [6.45, 7) is 4.11. The van der Waals surface area contributed by atoms with Crippen LogP contribution in [0.5, 0.6) is 0 Å². The van der Waals surface area contributed by atoms with E-state index in [0.717, 1.165) is 9.88 Å². The quantitative estimate of drug-likeness (QED) is 0.755. The van der Waals surface area contributed by atoms with E-state index >= 15 is 0 Å². The third kappa shape index (κ3) is 4.54. The number of sulfonamides is 1. The molecule has 1 rings (SSSR count). The van der Waals surface area contributed by atoms with Crippen LogP contribution in [0, 0.1) is 12.8 Å². The van der Waals surface area contributed by atoms with Crippen LogP contribution >= 0.6 is 22.9 Å². The first-order valence-corrected chi connectivity index (χ1v) is 8.22. The fraction of sp³-hybridized carbons (Fsp3) is 0.700. The summed E-state index contributed by atoms with van der Waals surface area (Å²) in [6, 6.07) is 0. The van der Waals surface area contributed by atoms with Gasteiger partial charge in [-0.1, -0.05) is 6.92 Å². The summed E-state index contributed by atoms with van der Waals surface area (Å²) in [7, 11) is -1.64. The molecule has 0 bridgehead atoms. The van der Waals surface area contributed by atoms with Gasteiger partial charge in [-0.15, -0.1) is 22.9 Å². The predicted molar refractivity (Wildman–Crippen MR) is 72.0 cm³/mol. The molecular weight excluding hydrogens is 280 g/mol. The molecule has 17 heavy (non-hydrogen) atoms. The molecule has 0 saturated carbocycles. The molecule has 1 unspecified atom stereocenters. The lowest BCUT2D eigenvalue weighted by molar-refractivity contribution is 0.462. The van der Waals surface area contributed by atoms with Gasteiger partial charge < -0.3 is 0 Å². The van der Waals surface area contributed by atoms with Gasteiger partial charge in [0.1, 0.15) is 0 Å². The minimum atomic E-state index is -3.23. The maximum atomic E-state index is 12.0. The Labute approximate surface area is 112 Å². The summed E-state index contributed by atoms with van der Waals surface area (Å²) in [4.78, 5) is 5.06. The fourth-order valence-corrected chi connectivity index (χ4v) is 3.92. The van der Waals surface area contributed by atoms with E-state index in [0.29, 0.717) is 12.4 Å². The van der Waals surface area contributed by atoms with E-state index in [4.69, 9.17) is 11.6 Å². The molecule has 0 amide bonds. The number of thiazole rings is 1. The largest absolute Gasteiger partial charge is 0.250 e. The smallest absolute Gasteiger partial charge is 0.214 e. The molecule has 0 saturated heterocycles. The lowest BCUT2D eigenvalue weighted by atomic mass is 10.3. The first-order valence-electron chi connectivity index (χ1n) is 5.26. The van der Waals surface area contributed by atoms with Gasteiger partial charge in [-0.2, -0.15) is 4.31 Å². The van der Waals surface area contributed by atoms with Crippen molar-refractivity contribution in [2.75, 3.05) is 18.7 Å². The number of halogens is 1. The summed E-state index contributed by atoms with van der Waals surface area (Å²) < 4.78 is 25.3. The van der Waals surface area contributed by atoms with Crippen molar-refractivity contribution in [1.82, 2.24) is 9.29 Å². The lowest BCUT2D eigenvalue weighted by Crippen LogP contribution is -2.31. The molecule has 0 aromatic carbocycles. The first kappa shape index (κ1) is 14.9. The summed E-state index contributed by atoms with van der Waals surface area (Å²) >= 11 is 7.15. The van der Waals surface area contributed by atoms with Crippen LogP contribution in [0.3, 0.4) is 0 Å². The minimum Gasteiger partial charge on any atom is -0.250 e. The fourth-order valence-electron chi connectivity index (χ4n) is 1.33. The number of alkyl halides is 1. The molecule has 4 nitrogen and oxygen atoms in total. The predicted octanol–water partition coefficient (Wildman–Crippen LogP) is 2.09. The second-order valence-electron chi connectivity index (χ2n) is 4.14. The van der Waals surface area contributed by atoms with Gasteiger partial charge >= 0.3 is 0 Å². The Bertz CT molecular complexity index is 459. The number of aromatic nitrogens is 1. The monoisotopic (exact) mass is 296 g/mol. The maximum absolute atomic E-state index is 12.0. The van der Waals surface area contributed by atoms with Gasteiger partial charge in [0.05, 0.1) is 10.8 Å². The normalized spacial score (nSPS) is 14.2. The first-order chi connectivity index (χ1) is 7.85. The molecule has 0 aliphatic carbocycles. The summed E-state index contributed by atoms with van der Waals surface area (Å²) in [5, 5.41) is 0.944. The molecule has 0 aliphatic rings. The third-order valence-electron chi connectivity index (χ3n) is 2.28. The number of nitrogens with zero attached hydrogens (tertiary/aromatic N) is 2. The van der Waals surface area contributed by atoms with Gasteiger partial charge in [-0.3, -0.25) is 0 Å². The van der Waals surface area contributed by atoms with Crippen molar-refractivity contribution in [2.45, 2.75) is 20.4 Å². The molecule has 7 heteroatoms. The molecule has 1 atom stereocenters. The summed E-state index contributed by atoms with van der Waals surface area (Å²) in [6.07, 6.45) is 1.72. The Kier molecular flexibility index (Phi) is 5.37. The third-order valence-corrected chi connectivity index (χ3v) is 5.77. The second-order valence-corrected chi connectivity index (χ2v) is 7.89. The van der Waals surface area contributed by atoms with Crippen molar-refractivity contribution in [3.8, 4) is 0 Å². The Morgan fingerprint density at radius 2 is 2.24 bits per heavy atom. The molecule has 0 aliphatic heterocycles. The van der Waals surface area contributed by atoms with E-state index in [2.05, 4.69) is 4.98 Å². The van der Waals surface area contributed by atoms with Crippen LogP contribution in [0.15, 0.2) is 6.20 Å². The molecule has 0 N–H and O–H groups in total. The zero-order valence-electron chi connectivity index (χ0n) is 10.2. The zero-order valence-corrected chi connectivity index (χ0v) is 12.6. The molecule has 0 spiro atoms. The van der Waals surface area contributed by atoms with Crippen LogP contribution in [-0.4, -0.2) is 36.4 Å². The standard InChI is InChI=1S/C10H17ClN2O2S2/c1-8(4-11)7-17(14,15)13(3)6-10-5-12-9(2)16-10/h5,8H,4,6-7H2,1-3H3. The number of hydrogen-bond acceptors (Lipinski definition) is 4. The van der Waals surface area contributed by atoms with Crippen LogP contribution in [0.4, 0.5) is 0 Å². The molecule has 1 heterocycles. The Morgan fingerprint density at radius 1 is 1.59 bits per heavy atom. The Balaban J connectivity index is 2.66. The van der Waals surface area contributed by atoms with Crippen molar-refractivity contribution >= 4 is 33.0 Å². The highest BCUT2D eigenvalue weighted by atomic mass is 35.5. The zero-order chi connectivity index (χ0) is 13.1. The highest BCUT2D eigenvalue weighted by Gasteiger charge is 2.21. The molecule has 0 fully saturated rings. The Morgan fingerprint density at radius 3 is 2.71 bits per heavy atom. The van der Waals surface area contributed by atoms with E-state index in [9.17, 15) is 8.42 Å². The van der Waals surface area contributed by atoms with Gasteiger partial charge in [0.15, 0.2) is 0 Å². The summed E-state index contributed by atoms with van der Waals surface area (Å²) in [5.41, 5.74) is 0. The molecule has 0 radical (unpaired) electrons. The highest BCUT2D eigenvalue weighted by molar-refractivity contribution is 7.89. The lowest BCUT2D eigenvalue weighted by Gasteiger charge is -2.18. The second kappa shape index (κ2) is 6.13. The molecule has 1 aromatic rings. The van der Waals surface area contributed by atoms with Crippen LogP contribution in [0.25, 0.3) is 0 Å². The molecule has 1 aromatic heterocycles.